The van der Waals surface area contributed by atoms with Crippen molar-refractivity contribution in [2.75, 3.05) is 13.6 Å². The van der Waals surface area contributed by atoms with Crippen molar-refractivity contribution in [2.45, 2.75) is 64.1 Å². The largest absolute Gasteiger partial charge is 0.355 e. The first-order valence-electron chi connectivity index (χ1n) is 8.80. The maximum absolute atomic E-state index is 4.36. The smallest absolute Gasteiger partial charge is 0.191 e. The van der Waals surface area contributed by atoms with Gasteiger partial charge in [0.15, 0.2) is 5.96 Å². The van der Waals surface area contributed by atoms with E-state index in [-0.39, 0.29) is 29.5 Å². The van der Waals surface area contributed by atoms with Crippen LogP contribution in [-0.2, 0) is 0 Å². The molecule has 1 saturated carbocycles. The Bertz CT molecular complexity index is 495. The number of guanidine groups is 1. The second-order valence-electron chi connectivity index (χ2n) is 7.21. The summed E-state index contributed by atoms with van der Waals surface area (Å²) in [6.45, 7) is 7.49. The van der Waals surface area contributed by atoms with Gasteiger partial charge in [0.05, 0.1) is 0 Å². The van der Waals surface area contributed by atoms with Gasteiger partial charge in [0.2, 0.25) is 0 Å². The molecule has 3 N–H and O–H groups in total. The van der Waals surface area contributed by atoms with E-state index in [0.29, 0.717) is 12.1 Å². The maximum Gasteiger partial charge on any atom is 0.191 e. The number of halogens is 1. The summed E-state index contributed by atoms with van der Waals surface area (Å²) in [5, 5.41) is 10.7. The number of benzene rings is 1. The van der Waals surface area contributed by atoms with Crippen LogP contribution in [0, 0.1) is 0 Å². The van der Waals surface area contributed by atoms with Crippen LogP contribution in [0.1, 0.15) is 58.1 Å². The molecule has 4 nitrogen and oxygen atoms in total. The molecule has 0 saturated heterocycles. The van der Waals surface area contributed by atoms with Crippen LogP contribution in [0.3, 0.4) is 0 Å². The van der Waals surface area contributed by atoms with Gasteiger partial charge in [-0.3, -0.25) is 4.99 Å². The van der Waals surface area contributed by atoms with Gasteiger partial charge in [0.1, 0.15) is 0 Å². The van der Waals surface area contributed by atoms with E-state index in [1.165, 1.54) is 31.2 Å². The summed E-state index contributed by atoms with van der Waals surface area (Å²) in [4.78, 5) is 4.36. The van der Waals surface area contributed by atoms with Crippen molar-refractivity contribution in [3.8, 4) is 0 Å². The number of aliphatic imine (C=N–C) groups is 1. The molecule has 1 atom stereocenters. The van der Waals surface area contributed by atoms with Crippen molar-refractivity contribution in [3.05, 3.63) is 35.9 Å². The molecule has 1 aliphatic carbocycles. The molecular weight excluding hydrogens is 411 g/mol. The minimum Gasteiger partial charge on any atom is -0.355 e. The van der Waals surface area contributed by atoms with E-state index >= 15 is 0 Å². The lowest BCUT2D eigenvalue weighted by Crippen LogP contribution is -2.53. The van der Waals surface area contributed by atoms with Gasteiger partial charge in [0, 0.05) is 31.2 Å². The second kappa shape index (κ2) is 10.2. The Morgan fingerprint density at radius 1 is 1.21 bits per heavy atom. The van der Waals surface area contributed by atoms with Crippen LogP contribution in [0.25, 0.3) is 0 Å². The molecule has 0 aromatic heterocycles. The van der Waals surface area contributed by atoms with Crippen molar-refractivity contribution in [2.24, 2.45) is 4.99 Å². The summed E-state index contributed by atoms with van der Waals surface area (Å²) in [7, 11) is 1.84. The van der Waals surface area contributed by atoms with E-state index in [0.717, 1.165) is 12.5 Å². The van der Waals surface area contributed by atoms with E-state index in [9.17, 15) is 0 Å². The molecule has 5 heteroatoms. The normalized spacial score (nSPS) is 17.2. The summed E-state index contributed by atoms with van der Waals surface area (Å²) in [5.74, 6) is 0.916. The highest BCUT2D eigenvalue weighted by molar-refractivity contribution is 14.0. The molecule has 0 heterocycles. The van der Waals surface area contributed by atoms with Crippen molar-refractivity contribution in [1.82, 2.24) is 16.0 Å². The topological polar surface area (TPSA) is 48.5 Å². The molecule has 0 radical (unpaired) electrons. The monoisotopic (exact) mass is 444 g/mol. The van der Waals surface area contributed by atoms with Gasteiger partial charge in [-0.05, 0) is 39.2 Å². The Balaban J connectivity index is 0.00000288. The van der Waals surface area contributed by atoms with Crippen LogP contribution in [0.5, 0.6) is 0 Å². The zero-order valence-corrected chi connectivity index (χ0v) is 17.8. The lowest BCUT2D eigenvalue weighted by Gasteiger charge is -2.31. The van der Waals surface area contributed by atoms with Gasteiger partial charge in [-0.25, -0.2) is 0 Å². The first-order valence-corrected chi connectivity index (χ1v) is 8.80. The zero-order valence-electron chi connectivity index (χ0n) is 15.4. The lowest BCUT2D eigenvalue weighted by atomic mass is 10.0. The van der Waals surface area contributed by atoms with E-state index in [4.69, 9.17) is 0 Å². The Morgan fingerprint density at radius 3 is 2.42 bits per heavy atom. The molecule has 1 aromatic carbocycles. The lowest BCUT2D eigenvalue weighted by molar-refractivity contribution is 0.344. The molecule has 24 heavy (non-hydrogen) atoms. The average Bonchev–Trinajstić information content (AvgIpc) is 3.05. The number of nitrogens with one attached hydrogen (secondary N) is 3. The molecule has 1 aliphatic rings. The van der Waals surface area contributed by atoms with Gasteiger partial charge >= 0.3 is 0 Å². The molecule has 1 unspecified atom stereocenters. The van der Waals surface area contributed by atoms with Crippen LogP contribution in [0.15, 0.2) is 35.3 Å². The van der Waals surface area contributed by atoms with Crippen LogP contribution >= 0.6 is 24.0 Å². The molecule has 0 aliphatic heterocycles. The Morgan fingerprint density at radius 2 is 1.83 bits per heavy atom. The van der Waals surface area contributed by atoms with Crippen LogP contribution in [-0.4, -0.2) is 31.1 Å². The predicted octanol–water partition coefficient (Wildman–Crippen LogP) is 3.84. The van der Waals surface area contributed by atoms with Crippen LogP contribution in [0.4, 0.5) is 0 Å². The van der Waals surface area contributed by atoms with Gasteiger partial charge in [-0.15, -0.1) is 24.0 Å². The average molecular weight is 444 g/mol. The fraction of sp³-hybridized carbons (Fsp3) is 0.632. The van der Waals surface area contributed by atoms with Gasteiger partial charge in [-0.1, -0.05) is 43.2 Å². The molecule has 1 aromatic rings. The molecule has 0 bridgehead atoms. The minimum absolute atomic E-state index is 0. The highest BCUT2D eigenvalue weighted by Gasteiger charge is 2.22. The van der Waals surface area contributed by atoms with E-state index in [2.05, 4.69) is 72.0 Å². The third-order valence-electron chi connectivity index (χ3n) is 4.52. The number of rotatable bonds is 6. The third-order valence-corrected chi connectivity index (χ3v) is 4.52. The van der Waals surface area contributed by atoms with Crippen LogP contribution in [0.2, 0.25) is 0 Å². The van der Waals surface area contributed by atoms with E-state index in [1.54, 1.807) is 0 Å². The standard InChI is InChI=1S/C19H32N4.HI/c1-15(16-10-6-5-7-11-16)23-19(2,3)14-21-18(20-4)22-17-12-8-9-13-17;/h5-7,10-11,15,17,23H,8-9,12-14H2,1-4H3,(H2,20,21,22);1H. The predicted molar refractivity (Wildman–Crippen MR) is 114 cm³/mol. The van der Waals surface area contributed by atoms with E-state index in [1.807, 2.05) is 7.05 Å². The molecule has 0 amide bonds. The van der Waals surface area contributed by atoms with Crippen LogP contribution < -0.4 is 16.0 Å². The molecule has 1 fully saturated rings. The van der Waals surface area contributed by atoms with Crippen molar-refractivity contribution >= 4 is 29.9 Å². The summed E-state index contributed by atoms with van der Waals surface area (Å²) >= 11 is 0. The van der Waals surface area contributed by atoms with Gasteiger partial charge in [-0.2, -0.15) is 0 Å². The summed E-state index contributed by atoms with van der Waals surface area (Å²) in [6.07, 6.45) is 5.17. The summed E-state index contributed by atoms with van der Waals surface area (Å²) in [6, 6.07) is 11.5. The number of hydrogen-bond acceptors (Lipinski definition) is 2. The van der Waals surface area contributed by atoms with E-state index < -0.39 is 0 Å². The SMILES string of the molecule is CN=C(NCC(C)(C)NC(C)c1ccccc1)NC1CCCC1.I. The Labute approximate surface area is 164 Å². The Hall–Kier alpha value is -0.820. The highest BCUT2D eigenvalue weighted by atomic mass is 127. The summed E-state index contributed by atoms with van der Waals surface area (Å²) < 4.78 is 0. The number of hydrogen-bond donors (Lipinski definition) is 3. The molecule has 0 spiro atoms. The molecule has 136 valence electrons. The summed E-state index contributed by atoms with van der Waals surface area (Å²) in [5.41, 5.74) is 1.29. The first kappa shape index (κ1) is 21.2. The number of nitrogens with zero attached hydrogens (tertiary/aromatic N) is 1. The maximum atomic E-state index is 4.36. The third kappa shape index (κ3) is 6.97. The first-order chi connectivity index (χ1) is 11.0. The van der Waals surface area contributed by atoms with Gasteiger partial charge in [0.25, 0.3) is 0 Å². The Kier molecular flexibility index (Phi) is 9.05. The quantitative estimate of drug-likeness (QED) is 0.355. The molecule has 2 rings (SSSR count). The van der Waals surface area contributed by atoms with Crippen molar-refractivity contribution in [1.29, 1.82) is 0 Å². The van der Waals surface area contributed by atoms with Gasteiger partial charge < -0.3 is 16.0 Å². The zero-order chi connectivity index (χ0) is 16.7. The fourth-order valence-corrected chi connectivity index (χ4v) is 3.23. The molecular formula is C19H33IN4. The minimum atomic E-state index is -0.0252. The van der Waals surface area contributed by atoms with Crippen molar-refractivity contribution < 1.29 is 0 Å². The second-order valence-corrected chi connectivity index (χ2v) is 7.21. The highest BCUT2D eigenvalue weighted by Crippen LogP contribution is 2.18. The van der Waals surface area contributed by atoms with Crippen molar-refractivity contribution in [3.63, 3.8) is 0 Å². The fourth-order valence-electron chi connectivity index (χ4n) is 3.23.